The third kappa shape index (κ3) is 2.83. The molecule has 0 aliphatic carbocycles. The highest BCUT2D eigenvalue weighted by Gasteiger charge is 2.43. The zero-order chi connectivity index (χ0) is 10.8. The van der Waals surface area contributed by atoms with E-state index < -0.39 is 12.4 Å². The molecule has 1 aliphatic heterocycles. The molecule has 6 heteroatoms. The topological polar surface area (TPSA) is 32.7 Å². The van der Waals surface area contributed by atoms with Crippen molar-refractivity contribution in [1.82, 2.24) is 4.90 Å². The lowest BCUT2D eigenvalue weighted by Crippen LogP contribution is -2.50. The van der Waals surface area contributed by atoms with Crippen LogP contribution in [0.3, 0.4) is 0 Å². The molecule has 0 amide bonds. The minimum absolute atomic E-state index is 0.250. The highest BCUT2D eigenvalue weighted by molar-refractivity contribution is 4.76. The van der Waals surface area contributed by atoms with Crippen LogP contribution in [-0.4, -0.2) is 48.7 Å². The molecule has 1 atom stereocenters. The van der Waals surface area contributed by atoms with Gasteiger partial charge in [0.15, 0.2) is 0 Å². The lowest BCUT2D eigenvalue weighted by atomic mass is 10.1. The van der Waals surface area contributed by atoms with Crippen LogP contribution in [0.5, 0.6) is 0 Å². The van der Waals surface area contributed by atoms with Crippen LogP contribution in [0.2, 0.25) is 0 Å². The molecule has 3 nitrogen and oxygen atoms in total. The molecule has 1 heterocycles. The lowest BCUT2D eigenvalue weighted by Gasteiger charge is -2.34. The Balaban J connectivity index is 2.50. The number of aliphatic hydroxyl groups is 1. The van der Waals surface area contributed by atoms with Gasteiger partial charge in [0.05, 0.1) is 0 Å². The Morgan fingerprint density at radius 1 is 1.36 bits per heavy atom. The molecular formula is C8H14F3NO2. The summed E-state index contributed by atoms with van der Waals surface area (Å²) in [5, 5.41) is 8.97. The van der Waals surface area contributed by atoms with Gasteiger partial charge in [-0.1, -0.05) is 0 Å². The second kappa shape index (κ2) is 4.46. The van der Waals surface area contributed by atoms with Gasteiger partial charge in [0, 0.05) is 19.3 Å². The number of hydrogen-bond donors (Lipinski definition) is 1. The molecule has 84 valence electrons. The molecule has 1 fully saturated rings. The van der Waals surface area contributed by atoms with Crippen LogP contribution >= 0.6 is 0 Å². The summed E-state index contributed by atoms with van der Waals surface area (Å²) < 4.78 is 41.4. The number of rotatable bonds is 2. The number of ether oxygens (including phenoxy) is 1. The van der Waals surface area contributed by atoms with Gasteiger partial charge in [-0.15, -0.1) is 0 Å². The molecule has 0 radical (unpaired) electrons. The first-order valence-corrected chi connectivity index (χ1v) is 4.47. The first-order valence-electron chi connectivity index (χ1n) is 4.47. The smallest absolute Gasteiger partial charge is 0.381 e. The third-order valence-corrected chi connectivity index (χ3v) is 2.45. The lowest BCUT2D eigenvalue weighted by molar-refractivity contribution is -0.254. The molecule has 0 spiro atoms. The second-order valence-corrected chi connectivity index (χ2v) is 3.42. The number of halogens is 3. The summed E-state index contributed by atoms with van der Waals surface area (Å²) >= 11 is 0. The maximum absolute atomic E-state index is 12.1. The van der Waals surface area contributed by atoms with E-state index in [2.05, 4.69) is 0 Å². The minimum atomic E-state index is -4.58. The summed E-state index contributed by atoms with van der Waals surface area (Å²) in [7, 11) is 1.29. The second-order valence-electron chi connectivity index (χ2n) is 3.42. The number of hydrogen-bond acceptors (Lipinski definition) is 3. The molecule has 0 aromatic rings. The first-order chi connectivity index (χ1) is 6.43. The van der Waals surface area contributed by atoms with Crippen molar-refractivity contribution in [3.05, 3.63) is 0 Å². The van der Waals surface area contributed by atoms with E-state index in [0.29, 0.717) is 26.1 Å². The van der Waals surface area contributed by atoms with Crippen LogP contribution < -0.4 is 0 Å². The summed E-state index contributed by atoms with van der Waals surface area (Å²) in [6.07, 6.45) is -5.88. The fourth-order valence-electron chi connectivity index (χ4n) is 1.52. The summed E-state index contributed by atoms with van der Waals surface area (Å²) in [6.45, 7) is 0.916. The average molecular weight is 213 g/mol. The summed E-state index contributed by atoms with van der Waals surface area (Å²) in [6, 6.07) is -0.250. The number of alkyl halides is 3. The number of nitrogens with zero attached hydrogens (tertiary/aromatic N) is 1. The van der Waals surface area contributed by atoms with Gasteiger partial charge in [-0.3, -0.25) is 4.90 Å². The zero-order valence-corrected chi connectivity index (χ0v) is 7.92. The minimum Gasteiger partial charge on any atom is -0.381 e. The molecule has 1 saturated heterocycles. The first kappa shape index (κ1) is 11.7. The third-order valence-electron chi connectivity index (χ3n) is 2.45. The van der Waals surface area contributed by atoms with E-state index in [1.807, 2.05) is 0 Å². The van der Waals surface area contributed by atoms with Crippen molar-refractivity contribution >= 4 is 0 Å². The van der Waals surface area contributed by atoms with Crippen molar-refractivity contribution in [2.75, 3.05) is 20.3 Å². The molecule has 1 N–H and O–H groups in total. The molecule has 0 aromatic carbocycles. The van der Waals surface area contributed by atoms with Gasteiger partial charge >= 0.3 is 6.18 Å². The van der Waals surface area contributed by atoms with Gasteiger partial charge in [0.2, 0.25) is 6.23 Å². The fourth-order valence-corrected chi connectivity index (χ4v) is 1.52. The average Bonchev–Trinajstić information content (AvgIpc) is 2.15. The van der Waals surface area contributed by atoms with E-state index in [0.717, 1.165) is 4.90 Å². The fraction of sp³-hybridized carbons (Fsp3) is 1.00. The van der Waals surface area contributed by atoms with E-state index in [-0.39, 0.29) is 6.04 Å². The molecule has 0 saturated carbocycles. The van der Waals surface area contributed by atoms with Crippen molar-refractivity contribution in [2.45, 2.75) is 31.3 Å². The monoisotopic (exact) mass is 213 g/mol. The summed E-state index contributed by atoms with van der Waals surface area (Å²) in [5.41, 5.74) is 0. The summed E-state index contributed by atoms with van der Waals surface area (Å²) in [5.74, 6) is 0. The Hall–Kier alpha value is -0.330. The molecular weight excluding hydrogens is 199 g/mol. The highest BCUT2D eigenvalue weighted by atomic mass is 19.4. The predicted molar refractivity (Wildman–Crippen MR) is 43.7 cm³/mol. The van der Waals surface area contributed by atoms with Crippen molar-refractivity contribution in [1.29, 1.82) is 0 Å². The molecule has 0 aromatic heterocycles. The Morgan fingerprint density at radius 3 is 2.29 bits per heavy atom. The van der Waals surface area contributed by atoms with Crippen LogP contribution in [0.15, 0.2) is 0 Å². The van der Waals surface area contributed by atoms with Crippen molar-refractivity contribution in [3.63, 3.8) is 0 Å². The van der Waals surface area contributed by atoms with Gasteiger partial charge in [-0.2, -0.15) is 13.2 Å². The van der Waals surface area contributed by atoms with Crippen molar-refractivity contribution in [2.24, 2.45) is 0 Å². The molecule has 1 unspecified atom stereocenters. The Morgan fingerprint density at radius 2 is 1.86 bits per heavy atom. The molecule has 1 rings (SSSR count). The number of aliphatic hydroxyl groups excluding tert-OH is 1. The van der Waals surface area contributed by atoms with Crippen LogP contribution in [0, 0.1) is 0 Å². The van der Waals surface area contributed by atoms with Crippen molar-refractivity contribution in [3.8, 4) is 0 Å². The van der Waals surface area contributed by atoms with Crippen LogP contribution in [0.1, 0.15) is 12.8 Å². The Labute approximate surface area is 80.5 Å². The van der Waals surface area contributed by atoms with E-state index in [9.17, 15) is 13.2 Å². The molecule has 0 bridgehead atoms. The van der Waals surface area contributed by atoms with E-state index in [4.69, 9.17) is 9.84 Å². The highest BCUT2D eigenvalue weighted by Crippen LogP contribution is 2.25. The van der Waals surface area contributed by atoms with Crippen LogP contribution in [0.4, 0.5) is 13.2 Å². The van der Waals surface area contributed by atoms with E-state index >= 15 is 0 Å². The Kier molecular flexibility index (Phi) is 3.74. The normalized spacial score (nSPS) is 22.7. The van der Waals surface area contributed by atoms with Crippen LogP contribution in [0.25, 0.3) is 0 Å². The Bertz CT molecular complexity index is 180. The maximum Gasteiger partial charge on any atom is 0.428 e. The van der Waals surface area contributed by atoms with E-state index in [1.54, 1.807) is 0 Å². The predicted octanol–water partition coefficient (Wildman–Crippen LogP) is 0.978. The van der Waals surface area contributed by atoms with Crippen LogP contribution in [-0.2, 0) is 4.74 Å². The standard InChI is InChI=1S/C8H14F3NO2/c1-12(7(13)8(9,10)11)6-2-4-14-5-3-6/h6-7,13H,2-5H2,1H3. The zero-order valence-electron chi connectivity index (χ0n) is 7.92. The van der Waals surface area contributed by atoms with Gasteiger partial charge < -0.3 is 9.84 Å². The largest absolute Gasteiger partial charge is 0.428 e. The van der Waals surface area contributed by atoms with Crippen molar-refractivity contribution < 1.29 is 23.0 Å². The molecule has 1 aliphatic rings. The van der Waals surface area contributed by atoms with E-state index in [1.165, 1.54) is 7.05 Å². The van der Waals surface area contributed by atoms with Gasteiger partial charge in [0.25, 0.3) is 0 Å². The van der Waals surface area contributed by atoms with Gasteiger partial charge in [-0.25, -0.2) is 0 Å². The maximum atomic E-state index is 12.1. The van der Waals surface area contributed by atoms with Gasteiger partial charge in [-0.05, 0) is 19.9 Å². The van der Waals surface area contributed by atoms with Gasteiger partial charge in [0.1, 0.15) is 0 Å². The quantitative estimate of drug-likeness (QED) is 0.694. The SMILES string of the molecule is CN(C1CCOCC1)C(O)C(F)(F)F. The molecule has 14 heavy (non-hydrogen) atoms. The summed E-state index contributed by atoms with van der Waals surface area (Å²) in [4.78, 5) is 0.961.